The quantitative estimate of drug-likeness (QED) is 0.0322. The molecule has 0 aliphatic heterocycles. The van der Waals surface area contributed by atoms with Crippen molar-refractivity contribution in [2.24, 2.45) is 0 Å². The Balaban J connectivity index is 0.000000289. The smallest absolute Gasteiger partial charge is 0.227 e. The van der Waals surface area contributed by atoms with Gasteiger partial charge in [0.05, 0.1) is 0 Å². The fourth-order valence-electron chi connectivity index (χ4n) is 7.11. The van der Waals surface area contributed by atoms with E-state index in [-0.39, 0.29) is 5.78 Å². The number of hydrogen-bond donors (Lipinski definition) is 1. The SMILES string of the molecule is Fc1c(F)c(F)c([B-](c2c(F)c(F)c(F)c(F)c2F)(c2c(F)c(F)c(F)c(F)c2F)c2c(F)c(F)c(F)c(F)c2F)c(F)c1F.O=C(C[n+]1ccc2c(S)cccc2c1)c1ccccc1. The first-order valence-electron chi connectivity index (χ1n) is 17.4. The van der Waals surface area contributed by atoms with Crippen molar-refractivity contribution >= 4 is 57.2 Å². The Labute approximate surface area is 354 Å². The topological polar surface area (TPSA) is 20.9 Å². The van der Waals surface area contributed by atoms with Crippen molar-refractivity contribution in [2.45, 2.75) is 11.4 Å². The molecule has 1 heterocycles. The molecule has 0 radical (unpaired) electrons. The summed E-state index contributed by atoms with van der Waals surface area (Å²) in [7, 11) is 0. The normalized spacial score (nSPS) is 11.6. The summed E-state index contributed by atoms with van der Waals surface area (Å²) >= 11 is 4.44. The molecule has 65 heavy (non-hydrogen) atoms. The monoisotopic (exact) mass is 959 g/mol. The molecular formula is C41H14BF20NOS. The first-order valence-corrected chi connectivity index (χ1v) is 17.8. The Morgan fingerprint density at radius 2 is 0.708 bits per heavy atom. The van der Waals surface area contributed by atoms with Gasteiger partial charge in [0.2, 0.25) is 12.3 Å². The molecule has 338 valence electrons. The highest BCUT2D eigenvalue weighted by atomic mass is 32.1. The molecule has 6 aromatic carbocycles. The summed E-state index contributed by atoms with van der Waals surface area (Å²) in [6.45, 7) is 0.344. The lowest BCUT2D eigenvalue weighted by Gasteiger charge is -2.44. The van der Waals surface area contributed by atoms with Crippen LogP contribution < -0.4 is 26.4 Å². The molecule has 0 spiro atoms. The maximum atomic E-state index is 15.4. The number of rotatable bonds is 7. The molecule has 0 amide bonds. The largest absolute Gasteiger partial charge is 0.287 e. The Bertz CT molecular complexity index is 2730. The molecule has 7 aromatic rings. The van der Waals surface area contributed by atoms with Crippen LogP contribution in [-0.2, 0) is 6.54 Å². The van der Waals surface area contributed by atoms with Crippen molar-refractivity contribution in [3.8, 4) is 0 Å². The highest BCUT2D eigenvalue weighted by molar-refractivity contribution is 7.80. The van der Waals surface area contributed by atoms with Gasteiger partial charge in [-0.05, 0) is 12.1 Å². The van der Waals surface area contributed by atoms with E-state index < -0.39 is 144 Å². The van der Waals surface area contributed by atoms with E-state index in [1.54, 1.807) is 0 Å². The Kier molecular flexibility index (Phi) is 13.1. The maximum Gasteiger partial charge on any atom is 0.227 e. The van der Waals surface area contributed by atoms with Crippen LogP contribution in [0.5, 0.6) is 0 Å². The van der Waals surface area contributed by atoms with Crippen LogP contribution >= 0.6 is 12.6 Å². The zero-order chi connectivity index (χ0) is 48.3. The van der Waals surface area contributed by atoms with Crippen molar-refractivity contribution in [2.75, 3.05) is 0 Å². The van der Waals surface area contributed by atoms with Crippen molar-refractivity contribution in [1.29, 1.82) is 0 Å². The van der Waals surface area contributed by atoms with Crippen LogP contribution in [0.2, 0.25) is 0 Å². The van der Waals surface area contributed by atoms with Gasteiger partial charge in [-0.2, -0.15) is 4.57 Å². The van der Waals surface area contributed by atoms with E-state index in [2.05, 4.69) is 12.6 Å². The zero-order valence-electron chi connectivity index (χ0n) is 31.0. The molecule has 0 saturated carbocycles. The van der Waals surface area contributed by atoms with Crippen LogP contribution in [0.25, 0.3) is 10.8 Å². The Morgan fingerprint density at radius 3 is 1.03 bits per heavy atom. The summed E-state index contributed by atoms with van der Waals surface area (Å²) in [5.41, 5.74) is -13.6. The minimum atomic E-state index is -7.22. The van der Waals surface area contributed by atoms with E-state index in [0.29, 0.717) is 6.54 Å². The molecule has 1 aromatic heterocycles. The Hall–Kier alpha value is -6.59. The predicted molar refractivity (Wildman–Crippen MR) is 191 cm³/mol. The molecule has 0 aliphatic carbocycles. The minimum Gasteiger partial charge on any atom is -0.287 e. The van der Waals surface area contributed by atoms with Crippen LogP contribution in [0.3, 0.4) is 0 Å². The third-order valence-corrected chi connectivity index (χ3v) is 10.4. The van der Waals surface area contributed by atoms with E-state index >= 15 is 35.1 Å². The molecule has 0 fully saturated rings. The summed E-state index contributed by atoms with van der Waals surface area (Å²) in [5.74, 6) is -71.3. The van der Waals surface area contributed by atoms with E-state index in [1.165, 1.54) is 0 Å². The second-order valence-corrected chi connectivity index (χ2v) is 14.0. The number of pyridine rings is 1. The van der Waals surface area contributed by atoms with Crippen molar-refractivity contribution in [3.63, 3.8) is 0 Å². The van der Waals surface area contributed by atoms with Crippen LogP contribution in [0.15, 0.2) is 71.9 Å². The second-order valence-electron chi connectivity index (χ2n) is 13.5. The fourth-order valence-corrected chi connectivity index (χ4v) is 7.40. The number of fused-ring (bicyclic) bond motifs is 1. The first kappa shape index (κ1) is 47.9. The number of hydrogen-bond acceptors (Lipinski definition) is 2. The third kappa shape index (κ3) is 7.59. The number of halogens is 20. The van der Waals surface area contributed by atoms with Crippen molar-refractivity contribution in [3.05, 3.63) is 189 Å². The van der Waals surface area contributed by atoms with Gasteiger partial charge in [-0.3, -0.25) is 4.79 Å². The van der Waals surface area contributed by atoms with Crippen LogP contribution in [0.4, 0.5) is 87.8 Å². The minimum absolute atomic E-state index is 0.108. The van der Waals surface area contributed by atoms with Crippen LogP contribution in [0.1, 0.15) is 10.4 Å². The number of ketones is 1. The van der Waals surface area contributed by atoms with Gasteiger partial charge in [0.25, 0.3) is 0 Å². The van der Waals surface area contributed by atoms with Crippen LogP contribution in [-0.4, -0.2) is 11.9 Å². The average molecular weight is 959 g/mol. The number of carbonyl (C=O) groups is 1. The standard InChI is InChI=1S/C24BF20.C17H13NOS/c26-5-1(6(27)14(35)21(42)13(5)34)25(2-7(28)15(36)22(43)16(37)8(2)29,3-9(30)17(38)23(44)18(39)10(3)31)4-11(32)19(40)24(45)20(41)12(4)33;19-16(13-5-2-1-3-6-13)12-18-10-9-15-14(11-18)7-4-8-17(15)20/h;1-11H,12H2/q-1;/p+1. The highest BCUT2D eigenvalue weighted by Crippen LogP contribution is 2.31. The molecule has 7 rings (SSSR count). The van der Waals surface area contributed by atoms with Gasteiger partial charge < -0.3 is 0 Å². The average Bonchev–Trinajstić information content (AvgIpc) is 3.29. The van der Waals surface area contributed by atoms with Gasteiger partial charge in [0.1, 0.15) is 52.7 Å². The summed E-state index contributed by atoms with van der Waals surface area (Å²) in [4.78, 5) is 13.1. The molecular weight excluding hydrogens is 945 g/mol. The molecule has 2 nitrogen and oxygen atoms in total. The highest BCUT2D eigenvalue weighted by Gasteiger charge is 2.52. The first-order chi connectivity index (χ1) is 30.4. The second kappa shape index (κ2) is 17.8. The van der Waals surface area contributed by atoms with E-state index in [0.717, 1.165) is 21.2 Å². The molecule has 0 N–H and O–H groups in total. The van der Waals surface area contributed by atoms with Crippen LogP contribution in [0, 0.1) is 116 Å². The van der Waals surface area contributed by atoms with Gasteiger partial charge in [-0.25, -0.2) is 87.8 Å². The molecule has 0 saturated heterocycles. The van der Waals surface area contributed by atoms with Crippen molar-refractivity contribution in [1.82, 2.24) is 0 Å². The van der Waals surface area contributed by atoms with E-state index in [4.69, 9.17) is 0 Å². The zero-order valence-corrected chi connectivity index (χ0v) is 31.9. The number of thiol groups is 1. The fraction of sp³-hybridized carbons (Fsp3) is 0.0244. The van der Waals surface area contributed by atoms with Gasteiger partial charge in [0.15, 0.2) is 82.2 Å². The maximum absolute atomic E-state index is 15.4. The predicted octanol–water partition coefficient (Wildman–Crippen LogP) is 9.14. The lowest BCUT2D eigenvalue weighted by Crippen LogP contribution is -2.81. The summed E-state index contributed by atoms with van der Waals surface area (Å²) in [6, 6.07) is 17.3. The van der Waals surface area contributed by atoms with Gasteiger partial charge >= 0.3 is 0 Å². The molecule has 0 atom stereocenters. The van der Waals surface area contributed by atoms with E-state index in [9.17, 15) is 57.5 Å². The summed E-state index contributed by atoms with van der Waals surface area (Å²) in [6.07, 6.45) is -3.32. The van der Waals surface area contributed by atoms with Gasteiger partial charge in [0, 0.05) is 27.3 Å². The number of Topliss-reactive ketones (excluding diaryl/α,β-unsaturated/α-hetero) is 1. The number of nitrogens with zero attached hydrogens (tertiary/aromatic N) is 1. The Morgan fingerprint density at radius 1 is 0.400 bits per heavy atom. The molecule has 0 bridgehead atoms. The lowest BCUT2D eigenvalue weighted by atomic mass is 9.12. The summed E-state index contributed by atoms with van der Waals surface area (Å²) in [5, 5.41) is 2.18. The van der Waals surface area contributed by atoms with Gasteiger partial charge in [-0.15, -0.1) is 34.5 Å². The molecule has 24 heteroatoms. The number of carbonyl (C=O) groups excluding carboxylic acids is 1. The van der Waals surface area contributed by atoms with E-state index in [1.807, 2.05) is 71.6 Å². The molecule has 0 unspecified atom stereocenters. The summed E-state index contributed by atoms with van der Waals surface area (Å²) < 4.78 is 296. The molecule has 0 aliphatic rings. The number of benzene rings is 6. The van der Waals surface area contributed by atoms with Crippen molar-refractivity contribution < 1.29 is 97.2 Å². The third-order valence-electron chi connectivity index (χ3n) is 9.98. The number of aromatic nitrogens is 1. The van der Waals surface area contributed by atoms with Gasteiger partial charge in [-0.1, -0.05) is 36.4 Å². The lowest BCUT2D eigenvalue weighted by molar-refractivity contribution is -0.681.